The van der Waals surface area contributed by atoms with Crippen molar-refractivity contribution in [2.45, 2.75) is 19.9 Å². The van der Waals surface area contributed by atoms with Crippen LogP contribution in [0.3, 0.4) is 0 Å². The van der Waals surface area contributed by atoms with E-state index in [9.17, 15) is 0 Å². The highest BCUT2D eigenvalue weighted by Gasteiger charge is 2.16. The monoisotopic (exact) mass is 315 g/mol. The van der Waals surface area contributed by atoms with Gasteiger partial charge in [0.25, 0.3) is 0 Å². The number of piperazine rings is 1. The fourth-order valence-corrected chi connectivity index (χ4v) is 3.58. The van der Waals surface area contributed by atoms with Crippen LogP contribution in [0.25, 0.3) is 0 Å². The van der Waals surface area contributed by atoms with Crippen molar-refractivity contribution in [1.82, 2.24) is 4.90 Å². The number of hydrogen-bond acceptors (Lipinski definition) is 4. The Morgan fingerprint density at radius 3 is 2.45 bits per heavy atom. The van der Waals surface area contributed by atoms with Gasteiger partial charge in [-0.05, 0) is 48.7 Å². The van der Waals surface area contributed by atoms with E-state index in [-0.39, 0.29) is 0 Å². The molecule has 0 saturated carbocycles. The molecule has 0 radical (unpaired) electrons. The van der Waals surface area contributed by atoms with Crippen LogP contribution < -0.4 is 10.2 Å². The number of nitrogens with zero attached hydrogens (tertiary/aromatic N) is 2. The van der Waals surface area contributed by atoms with Crippen molar-refractivity contribution in [3.05, 3.63) is 46.7 Å². The predicted octanol–water partition coefficient (Wildman–Crippen LogP) is 3.89. The first-order valence-electron chi connectivity index (χ1n) is 8.19. The summed E-state index contributed by atoms with van der Waals surface area (Å²) in [5.41, 5.74) is 2.54. The van der Waals surface area contributed by atoms with E-state index in [0.717, 1.165) is 19.6 Å². The molecule has 1 aromatic heterocycles. The molecule has 0 atom stereocenters. The summed E-state index contributed by atoms with van der Waals surface area (Å²) in [5, 5.41) is 5.61. The van der Waals surface area contributed by atoms with E-state index < -0.39 is 0 Å². The van der Waals surface area contributed by atoms with Crippen molar-refractivity contribution in [1.29, 1.82) is 0 Å². The molecule has 0 aliphatic carbocycles. The number of nitrogens with one attached hydrogen (secondary N) is 1. The summed E-state index contributed by atoms with van der Waals surface area (Å²) >= 11 is 1.80. The van der Waals surface area contributed by atoms with Crippen LogP contribution in [-0.2, 0) is 6.54 Å². The second-order valence-electron chi connectivity index (χ2n) is 5.81. The molecule has 0 unspecified atom stereocenters. The SMILES string of the molecule is CCCN1CCN(c2ccc(NCc3cccs3)cc2)CC1. The first-order valence-corrected chi connectivity index (χ1v) is 9.07. The van der Waals surface area contributed by atoms with Crippen molar-refractivity contribution in [3.8, 4) is 0 Å². The van der Waals surface area contributed by atoms with E-state index in [1.165, 1.54) is 42.3 Å². The normalized spacial score (nSPS) is 16.0. The second kappa shape index (κ2) is 7.65. The summed E-state index contributed by atoms with van der Waals surface area (Å²) in [6, 6.07) is 13.1. The Labute approximate surface area is 137 Å². The lowest BCUT2D eigenvalue weighted by molar-refractivity contribution is 0.258. The van der Waals surface area contributed by atoms with Gasteiger partial charge >= 0.3 is 0 Å². The van der Waals surface area contributed by atoms with Crippen LogP contribution in [0.5, 0.6) is 0 Å². The molecule has 4 heteroatoms. The highest BCUT2D eigenvalue weighted by molar-refractivity contribution is 7.09. The van der Waals surface area contributed by atoms with Crippen LogP contribution in [0.4, 0.5) is 11.4 Å². The van der Waals surface area contributed by atoms with Crippen molar-refractivity contribution in [3.63, 3.8) is 0 Å². The molecule has 0 amide bonds. The summed E-state index contributed by atoms with van der Waals surface area (Å²) in [4.78, 5) is 6.43. The molecule has 3 nitrogen and oxygen atoms in total. The summed E-state index contributed by atoms with van der Waals surface area (Å²) in [5.74, 6) is 0. The lowest BCUT2D eigenvalue weighted by Gasteiger charge is -2.36. The average Bonchev–Trinajstić information content (AvgIpc) is 3.08. The standard InChI is InChI=1S/C18H25N3S/c1-2-9-20-10-12-21(13-11-20)17-7-5-16(6-8-17)19-15-18-4-3-14-22-18/h3-8,14,19H,2,9-13,15H2,1H3. The van der Waals surface area contributed by atoms with Crippen LogP contribution in [0.2, 0.25) is 0 Å². The van der Waals surface area contributed by atoms with Gasteiger partial charge in [0, 0.05) is 49.0 Å². The van der Waals surface area contributed by atoms with E-state index in [4.69, 9.17) is 0 Å². The lowest BCUT2D eigenvalue weighted by Crippen LogP contribution is -2.46. The molecule has 1 aliphatic rings. The van der Waals surface area contributed by atoms with Gasteiger partial charge < -0.3 is 10.2 Å². The van der Waals surface area contributed by atoms with Gasteiger partial charge in [0.15, 0.2) is 0 Å². The zero-order valence-electron chi connectivity index (χ0n) is 13.3. The number of rotatable bonds is 6. The molecule has 1 saturated heterocycles. The fourth-order valence-electron chi connectivity index (χ4n) is 2.94. The molecular formula is C18H25N3S. The number of hydrogen-bond donors (Lipinski definition) is 1. The maximum absolute atomic E-state index is 3.48. The lowest BCUT2D eigenvalue weighted by atomic mass is 10.2. The smallest absolute Gasteiger partial charge is 0.0494 e. The Balaban J connectivity index is 1.51. The molecule has 1 fully saturated rings. The van der Waals surface area contributed by atoms with Gasteiger partial charge in [-0.3, -0.25) is 4.90 Å². The molecule has 1 aliphatic heterocycles. The summed E-state index contributed by atoms with van der Waals surface area (Å²) in [6.45, 7) is 9.06. The fraction of sp³-hybridized carbons (Fsp3) is 0.444. The van der Waals surface area contributed by atoms with Crippen LogP contribution in [-0.4, -0.2) is 37.6 Å². The maximum Gasteiger partial charge on any atom is 0.0494 e. The zero-order valence-corrected chi connectivity index (χ0v) is 14.1. The van der Waals surface area contributed by atoms with Gasteiger partial charge in [0.1, 0.15) is 0 Å². The Hall–Kier alpha value is -1.52. The third-order valence-electron chi connectivity index (χ3n) is 4.19. The first-order chi connectivity index (χ1) is 10.8. The van der Waals surface area contributed by atoms with Crippen LogP contribution in [0, 0.1) is 0 Å². The largest absolute Gasteiger partial charge is 0.380 e. The van der Waals surface area contributed by atoms with E-state index in [1.54, 1.807) is 11.3 Å². The number of thiophene rings is 1. The minimum Gasteiger partial charge on any atom is -0.380 e. The van der Waals surface area contributed by atoms with Crippen molar-refractivity contribution in [2.24, 2.45) is 0 Å². The molecule has 0 bridgehead atoms. The van der Waals surface area contributed by atoms with Crippen LogP contribution in [0.15, 0.2) is 41.8 Å². The van der Waals surface area contributed by atoms with Gasteiger partial charge in [-0.25, -0.2) is 0 Å². The van der Waals surface area contributed by atoms with E-state index in [2.05, 4.69) is 63.8 Å². The van der Waals surface area contributed by atoms with Gasteiger partial charge in [-0.2, -0.15) is 0 Å². The van der Waals surface area contributed by atoms with Crippen LogP contribution >= 0.6 is 11.3 Å². The summed E-state index contributed by atoms with van der Waals surface area (Å²) in [7, 11) is 0. The molecule has 0 spiro atoms. The quantitative estimate of drug-likeness (QED) is 0.872. The molecule has 118 valence electrons. The molecule has 3 rings (SSSR count). The van der Waals surface area contributed by atoms with Gasteiger partial charge in [-0.15, -0.1) is 11.3 Å². The average molecular weight is 315 g/mol. The van der Waals surface area contributed by atoms with Crippen LogP contribution in [0.1, 0.15) is 18.2 Å². The maximum atomic E-state index is 3.48. The topological polar surface area (TPSA) is 18.5 Å². The first kappa shape index (κ1) is 15.4. The van der Waals surface area contributed by atoms with E-state index >= 15 is 0 Å². The molecule has 2 aromatic rings. The summed E-state index contributed by atoms with van der Waals surface area (Å²) < 4.78 is 0. The van der Waals surface area contributed by atoms with Crippen molar-refractivity contribution >= 4 is 22.7 Å². The van der Waals surface area contributed by atoms with Gasteiger partial charge in [0.05, 0.1) is 0 Å². The third-order valence-corrected chi connectivity index (χ3v) is 5.07. The van der Waals surface area contributed by atoms with Gasteiger partial charge in [0.2, 0.25) is 0 Å². The third kappa shape index (κ3) is 4.02. The van der Waals surface area contributed by atoms with E-state index in [0.29, 0.717) is 0 Å². The Morgan fingerprint density at radius 1 is 1.05 bits per heavy atom. The molecular weight excluding hydrogens is 290 g/mol. The minimum absolute atomic E-state index is 0.909. The second-order valence-corrected chi connectivity index (χ2v) is 6.84. The molecule has 2 heterocycles. The Morgan fingerprint density at radius 2 is 1.82 bits per heavy atom. The van der Waals surface area contributed by atoms with E-state index in [1.807, 2.05) is 0 Å². The Kier molecular flexibility index (Phi) is 5.35. The highest BCUT2D eigenvalue weighted by Crippen LogP contribution is 2.20. The van der Waals surface area contributed by atoms with Crippen molar-refractivity contribution in [2.75, 3.05) is 42.9 Å². The molecule has 1 N–H and O–H groups in total. The van der Waals surface area contributed by atoms with Gasteiger partial charge in [-0.1, -0.05) is 13.0 Å². The zero-order chi connectivity index (χ0) is 15.2. The molecule has 1 aromatic carbocycles. The highest BCUT2D eigenvalue weighted by atomic mass is 32.1. The summed E-state index contributed by atoms with van der Waals surface area (Å²) in [6.07, 6.45) is 1.25. The number of anilines is 2. The Bertz CT molecular complexity index is 542. The predicted molar refractivity (Wildman–Crippen MR) is 97.0 cm³/mol. The number of benzene rings is 1. The minimum atomic E-state index is 0.909. The van der Waals surface area contributed by atoms with Crippen molar-refractivity contribution < 1.29 is 0 Å². The molecule has 22 heavy (non-hydrogen) atoms.